The first-order valence-corrected chi connectivity index (χ1v) is 8.29. The topological polar surface area (TPSA) is 77.8 Å². The SMILES string of the molecule is Cn1cc(-c2ccc(OCC3CCOCC3)cc2)cc(C(=O)O)c1=O. The van der Waals surface area contributed by atoms with Gasteiger partial charge in [-0.3, -0.25) is 4.79 Å². The summed E-state index contributed by atoms with van der Waals surface area (Å²) in [6.45, 7) is 2.27. The van der Waals surface area contributed by atoms with E-state index in [9.17, 15) is 9.59 Å². The van der Waals surface area contributed by atoms with Gasteiger partial charge in [-0.2, -0.15) is 0 Å². The lowest BCUT2D eigenvalue weighted by atomic mass is 10.0. The molecule has 3 rings (SSSR count). The maximum atomic E-state index is 11.8. The summed E-state index contributed by atoms with van der Waals surface area (Å²) in [6, 6.07) is 8.86. The maximum absolute atomic E-state index is 11.8. The molecular formula is C19H21NO5. The summed E-state index contributed by atoms with van der Waals surface area (Å²) in [6.07, 6.45) is 3.68. The van der Waals surface area contributed by atoms with Crippen LogP contribution in [0.1, 0.15) is 23.2 Å². The molecule has 1 aromatic carbocycles. The highest BCUT2D eigenvalue weighted by atomic mass is 16.5. The molecule has 6 nitrogen and oxygen atoms in total. The molecule has 0 bridgehead atoms. The smallest absolute Gasteiger partial charge is 0.341 e. The monoisotopic (exact) mass is 343 g/mol. The fourth-order valence-electron chi connectivity index (χ4n) is 2.89. The lowest BCUT2D eigenvalue weighted by molar-refractivity contribution is 0.0497. The molecule has 0 unspecified atom stereocenters. The molecule has 0 amide bonds. The molecule has 6 heteroatoms. The zero-order valence-corrected chi connectivity index (χ0v) is 14.1. The van der Waals surface area contributed by atoms with Gasteiger partial charge in [0, 0.05) is 26.5 Å². The molecule has 1 aliphatic heterocycles. The minimum absolute atomic E-state index is 0.236. The van der Waals surface area contributed by atoms with Gasteiger partial charge in [-0.15, -0.1) is 0 Å². The molecule has 0 spiro atoms. The van der Waals surface area contributed by atoms with Gasteiger partial charge < -0.3 is 19.1 Å². The Bertz CT molecular complexity index is 804. The van der Waals surface area contributed by atoms with E-state index in [0.717, 1.165) is 37.4 Å². The molecule has 1 saturated heterocycles. The van der Waals surface area contributed by atoms with Crippen molar-refractivity contribution < 1.29 is 19.4 Å². The van der Waals surface area contributed by atoms with Crippen LogP contribution in [0, 0.1) is 5.92 Å². The molecule has 2 aromatic rings. The number of carbonyl (C=O) groups is 1. The molecule has 1 aromatic heterocycles. The number of benzene rings is 1. The van der Waals surface area contributed by atoms with Crippen molar-refractivity contribution in [3.63, 3.8) is 0 Å². The fraction of sp³-hybridized carbons (Fsp3) is 0.368. The van der Waals surface area contributed by atoms with Gasteiger partial charge in [0.15, 0.2) is 0 Å². The Kier molecular flexibility index (Phi) is 5.19. The third-order valence-corrected chi connectivity index (χ3v) is 4.43. The molecule has 25 heavy (non-hydrogen) atoms. The van der Waals surface area contributed by atoms with Gasteiger partial charge in [0.1, 0.15) is 11.3 Å². The van der Waals surface area contributed by atoms with E-state index in [-0.39, 0.29) is 5.56 Å². The van der Waals surface area contributed by atoms with Crippen molar-refractivity contribution in [1.29, 1.82) is 0 Å². The summed E-state index contributed by atoms with van der Waals surface area (Å²) in [7, 11) is 1.55. The Labute approximate surface area is 145 Å². The van der Waals surface area contributed by atoms with Crippen LogP contribution in [-0.2, 0) is 11.8 Å². The highest BCUT2D eigenvalue weighted by Gasteiger charge is 2.15. The van der Waals surface area contributed by atoms with E-state index in [1.807, 2.05) is 24.3 Å². The number of carboxylic acids is 1. The van der Waals surface area contributed by atoms with Gasteiger partial charge in [-0.1, -0.05) is 12.1 Å². The highest BCUT2D eigenvalue weighted by Crippen LogP contribution is 2.23. The van der Waals surface area contributed by atoms with Crippen LogP contribution in [0.2, 0.25) is 0 Å². The number of carboxylic acid groups (broad SMARTS) is 1. The van der Waals surface area contributed by atoms with Crippen LogP contribution in [0.15, 0.2) is 41.3 Å². The minimum Gasteiger partial charge on any atom is -0.493 e. The Balaban J connectivity index is 1.74. The number of aromatic nitrogens is 1. The average molecular weight is 343 g/mol. The molecular weight excluding hydrogens is 322 g/mol. The second-order valence-electron chi connectivity index (χ2n) is 6.25. The van der Waals surface area contributed by atoms with Crippen molar-refractivity contribution >= 4 is 5.97 Å². The molecule has 1 N–H and O–H groups in total. The summed E-state index contributed by atoms with van der Waals surface area (Å²) in [5, 5.41) is 9.16. The van der Waals surface area contributed by atoms with Crippen LogP contribution in [0.3, 0.4) is 0 Å². The standard InChI is InChI=1S/C19H21NO5/c1-20-11-15(10-17(18(20)21)19(22)23)14-2-4-16(5-3-14)25-12-13-6-8-24-9-7-13/h2-5,10-11,13H,6-9,12H2,1H3,(H,22,23). The molecule has 0 atom stereocenters. The number of aryl methyl sites for hydroxylation is 1. The zero-order chi connectivity index (χ0) is 17.8. The van der Waals surface area contributed by atoms with Crippen LogP contribution >= 0.6 is 0 Å². The van der Waals surface area contributed by atoms with E-state index in [0.29, 0.717) is 18.1 Å². The van der Waals surface area contributed by atoms with Gasteiger partial charge >= 0.3 is 5.97 Å². The Hall–Kier alpha value is -2.60. The summed E-state index contributed by atoms with van der Waals surface area (Å²) in [5.41, 5.74) is 0.750. The van der Waals surface area contributed by atoms with E-state index in [1.54, 1.807) is 13.2 Å². The van der Waals surface area contributed by atoms with Crippen molar-refractivity contribution in [2.24, 2.45) is 13.0 Å². The van der Waals surface area contributed by atoms with Crippen molar-refractivity contribution in [3.8, 4) is 16.9 Å². The Morgan fingerprint density at radius 3 is 2.56 bits per heavy atom. The third kappa shape index (κ3) is 4.09. The lowest BCUT2D eigenvalue weighted by Gasteiger charge is -2.22. The first-order chi connectivity index (χ1) is 12.0. The number of rotatable bonds is 5. The van der Waals surface area contributed by atoms with Gasteiger partial charge in [0.05, 0.1) is 6.61 Å². The molecule has 132 valence electrons. The van der Waals surface area contributed by atoms with Gasteiger partial charge in [-0.25, -0.2) is 4.79 Å². The molecule has 2 heterocycles. The number of ether oxygens (including phenoxy) is 2. The van der Waals surface area contributed by atoms with Gasteiger partial charge in [-0.05, 0) is 48.1 Å². The number of nitrogens with zero attached hydrogens (tertiary/aromatic N) is 1. The average Bonchev–Trinajstić information content (AvgIpc) is 2.63. The van der Waals surface area contributed by atoms with Crippen molar-refractivity contribution in [3.05, 3.63) is 52.4 Å². The Morgan fingerprint density at radius 2 is 1.92 bits per heavy atom. The lowest BCUT2D eigenvalue weighted by Crippen LogP contribution is -2.23. The van der Waals surface area contributed by atoms with Gasteiger partial charge in [0.25, 0.3) is 5.56 Å². The number of aromatic carboxylic acids is 1. The van der Waals surface area contributed by atoms with E-state index in [2.05, 4.69) is 0 Å². The van der Waals surface area contributed by atoms with E-state index in [4.69, 9.17) is 14.6 Å². The molecule has 0 aliphatic carbocycles. The predicted octanol–water partition coefficient (Wildman–Crippen LogP) is 2.56. The van der Waals surface area contributed by atoms with Crippen LogP contribution in [0.5, 0.6) is 5.75 Å². The third-order valence-electron chi connectivity index (χ3n) is 4.43. The summed E-state index contributed by atoms with van der Waals surface area (Å²) < 4.78 is 12.5. The highest BCUT2D eigenvalue weighted by molar-refractivity contribution is 5.88. The zero-order valence-electron chi connectivity index (χ0n) is 14.1. The molecule has 0 saturated carbocycles. The summed E-state index contributed by atoms with van der Waals surface area (Å²) >= 11 is 0. The van der Waals surface area contributed by atoms with Crippen LogP contribution in [0.4, 0.5) is 0 Å². The fourth-order valence-corrected chi connectivity index (χ4v) is 2.89. The van der Waals surface area contributed by atoms with E-state index >= 15 is 0 Å². The summed E-state index contributed by atoms with van der Waals surface area (Å²) in [5.74, 6) is 0.0765. The maximum Gasteiger partial charge on any atom is 0.341 e. The number of hydrogen-bond donors (Lipinski definition) is 1. The van der Waals surface area contributed by atoms with E-state index < -0.39 is 11.5 Å². The van der Waals surface area contributed by atoms with E-state index in [1.165, 1.54) is 10.6 Å². The summed E-state index contributed by atoms with van der Waals surface area (Å²) in [4.78, 5) is 23.0. The van der Waals surface area contributed by atoms with Crippen LogP contribution < -0.4 is 10.3 Å². The normalized spacial score (nSPS) is 15.1. The molecule has 0 radical (unpaired) electrons. The Morgan fingerprint density at radius 1 is 1.24 bits per heavy atom. The first kappa shape index (κ1) is 17.2. The van der Waals surface area contributed by atoms with Crippen molar-refractivity contribution in [2.75, 3.05) is 19.8 Å². The predicted molar refractivity (Wildman–Crippen MR) is 93.1 cm³/mol. The second-order valence-corrected chi connectivity index (χ2v) is 6.25. The molecule has 1 fully saturated rings. The van der Waals surface area contributed by atoms with Gasteiger partial charge in [0.2, 0.25) is 0 Å². The van der Waals surface area contributed by atoms with Crippen molar-refractivity contribution in [1.82, 2.24) is 4.57 Å². The van der Waals surface area contributed by atoms with Crippen molar-refractivity contribution in [2.45, 2.75) is 12.8 Å². The molecule has 1 aliphatic rings. The van der Waals surface area contributed by atoms with Crippen LogP contribution in [0.25, 0.3) is 11.1 Å². The number of hydrogen-bond acceptors (Lipinski definition) is 4. The minimum atomic E-state index is -1.22. The van der Waals surface area contributed by atoms with Crippen LogP contribution in [-0.4, -0.2) is 35.5 Å². The largest absolute Gasteiger partial charge is 0.493 e. The first-order valence-electron chi connectivity index (χ1n) is 8.29. The number of pyridine rings is 1. The second kappa shape index (κ2) is 7.53. The quantitative estimate of drug-likeness (QED) is 0.903.